The van der Waals surface area contributed by atoms with Gasteiger partial charge in [-0.2, -0.15) is 4.98 Å². The number of carbonyl (C=O) groups excluding carboxylic acids is 1. The largest absolute Gasteiger partial charge is 0.480 e. The average molecular weight is 364 g/mol. The Morgan fingerprint density at radius 1 is 1.32 bits per heavy atom. The van der Waals surface area contributed by atoms with Gasteiger partial charge in [-0.15, -0.1) is 0 Å². The molecule has 1 N–H and O–H groups in total. The SMILES string of the molecule is O=C(O)[C@H]1CCCN1C(=O)CCCc1nc(-c2ccc(Cl)cc2)no1. The van der Waals surface area contributed by atoms with Crippen molar-refractivity contribution in [3.05, 3.63) is 35.2 Å². The van der Waals surface area contributed by atoms with Crippen LogP contribution in [0.1, 0.15) is 31.6 Å². The fourth-order valence-corrected chi connectivity index (χ4v) is 3.06. The highest BCUT2D eigenvalue weighted by Gasteiger charge is 2.33. The van der Waals surface area contributed by atoms with Crippen LogP contribution in [0.2, 0.25) is 5.02 Å². The molecule has 1 aromatic heterocycles. The monoisotopic (exact) mass is 363 g/mol. The number of aromatic nitrogens is 2. The standard InChI is InChI=1S/C17H18ClN3O4/c18-12-8-6-11(7-9-12)16-19-14(25-20-16)4-1-5-15(22)21-10-2-3-13(21)17(23)24/h6-9,13H,1-5,10H2,(H,23,24)/t13-/m1/s1. The second-order valence-electron chi connectivity index (χ2n) is 5.96. The van der Waals surface area contributed by atoms with E-state index in [2.05, 4.69) is 10.1 Å². The number of carbonyl (C=O) groups is 2. The average Bonchev–Trinajstić information content (AvgIpc) is 3.25. The summed E-state index contributed by atoms with van der Waals surface area (Å²) >= 11 is 5.85. The van der Waals surface area contributed by atoms with Crippen LogP contribution in [0.4, 0.5) is 0 Å². The first-order valence-electron chi connectivity index (χ1n) is 8.15. The molecule has 0 bridgehead atoms. The molecule has 1 atom stereocenters. The Bertz CT molecular complexity index is 760. The first kappa shape index (κ1) is 17.4. The van der Waals surface area contributed by atoms with Gasteiger partial charge in [0, 0.05) is 30.0 Å². The molecule has 8 heteroatoms. The molecule has 132 valence electrons. The van der Waals surface area contributed by atoms with Gasteiger partial charge in [0.15, 0.2) is 0 Å². The normalized spacial score (nSPS) is 17.0. The summed E-state index contributed by atoms with van der Waals surface area (Å²) < 4.78 is 5.20. The lowest BCUT2D eigenvalue weighted by Gasteiger charge is -2.21. The Morgan fingerprint density at radius 3 is 2.80 bits per heavy atom. The lowest BCUT2D eigenvalue weighted by Crippen LogP contribution is -2.40. The van der Waals surface area contributed by atoms with E-state index < -0.39 is 12.0 Å². The minimum absolute atomic E-state index is 0.137. The molecule has 0 unspecified atom stereocenters. The van der Waals surface area contributed by atoms with Crippen LogP contribution in [0.5, 0.6) is 0 Å². The number of aryl methyl sites for hydroxylation is 1. The number of amides is 1. The molecule has 1 aliphatic heterocycles. The number of hydrogen-bond donors (Lipinski definition) is 1. The van der Waals surface area contributed by atoms with E-state index in [-0.39, 0.29) is 12.3 Å². The first-order valence-corrected chi connectivity index (χ1v) is 8.53. The van der Waals surface area contributed by atoms with Crippen molar-refractivity contribution in [2.45, 2.75) is 38.1 Å². The van der Waals surface area contributed by atoms with Gasteiger partial charge in [0.1, 0.15) is 6.04 Å². The number of carboxylic acids is 1. The van der Waals surface area contributed by atoms with Gasteiger partial charge in [-0.1, -0.05) is 16.8 Å². The van der Waals surface area contributed by atoms with E-state index >= 15 is 0 Å². The molecule has 0 aliphatic carbocycles. The van der Waals surface area contributed by atoms with E-state index in [1.54, 1.807) is 24.3 Å². The van der Waals surface area contributed by atoms with Gasteiger partial charge in [-0.05, 0) is 43.5 Å². The number of carboxylic acid groups (broad SMARTS) is 1. The third-order valence-electron chi connectivity index (χ3n) is 4.21. The molecule has 1 aliphatic rings. The van der Waals surface area contributed by atoms with Gasteiger partial charge in [0.2, 0.25) is 17.6 Å². The summed E-state index contributed by atoms with van der Waals surface area (Å²) in [7, 11) is 0. The van der Waals surface area contributed by atoms with Crippen LogP contribution < -0.4 is 0 Å². The Kier molecular flexibility index (Phi) is 5.33. The van der Waals surface area contributed by atoms with E-state index in [9.17, 15) is 9.59 Å². The third-order valence-corrected chi connectivity index (χ3v) is 4.46. The highest BCUT2D eigenvalue weighted by atomic mass is 35.5. The Labute approximate surface area is 149 Å². The van der Waals surface area contributed by atoms with Crippen molar-refractivity contribution >= 4 is 23.5 Å². The van der Waals surface area contributed by atoms with Crippen LogP contribution >= 0.6 is 11.6 Å². The highest BCUT2D eigenvalue weighted by molar-refractivity contribution is 6.30. The summed E-state index contributed by atoms with van der Waals surface area (Å²) in [4.78, 5) is 29.1. The zero-order chi connectivity index (χ0) is 17.8. The molecular formula is C17H18ClN3O4. The van der Waals surface area contributed by atoms with E-state index in [0.29, 0.717) is 42.5 Å². The number of likely N-dealkylation sites (tertiary alicyclic amines) is 1. The molecule has 1 fully saturated rings. The second kappa shape index (κ2) is 7.65. The number of rotatable bonds is 6. The maximum atomic E-state index is 12.2. The highest BCUT2D eigenvalue weighted by Crippen LogP contribution is 2.21. The smallest absolute Gasteiger partial charge is 0.326 e. The van der Waals surface area contributed by atoms with Crippen molar-refractivity contribution in [2.75, 3.05) is 6.54 Å². The minimum Gasteiger partial charge on any atom is -0.480 e. The van der Waals surface area contributed by atoms with Crippen molar-refractivity contribution in [1.82, 2.24) is 15.0 Å². The van der Waals surface area contributed by atoms with E-state index in [4.69, 9.17) is 21.2 Å². The van der Waals surface area contributed by atoms with Crippen molar-refractivity contribution in [1.29, 1.82) is 0 Å². The maximum absolute atomic E-state index is 12.2. The van der Waals surface area contributed by atoms with Crippen LogP contribution in [-0.4, -0.2) is 44.6 Å². The molecule has 7 nitrogen and oxygen atoms in total. The summed E-state index contributed by atoms with van der Waals surface area (Å²) in [5.41, 5.74) is 0.803. The van der Waals surface area contributed by atoms with Gasteiger partial charge >= 0.3 is 5.97 Å². The number of aliphatic carboxylic acids is 1. The Morgan fingerprint density at radius 2 is 2.08 bits per heavy atom. The molecular weight excluding hydrogens is 346 g/mol. The fraction of sp³-hybridized carbons (Fsp3) is 0.412. The lowest BCUT2D eigenvalue weighted by atomic mass is 10.2. The minimum atomic E-state index is -0.935. The van der Waals surface area contributed by atoms with Gasteiger partial charge < -0.3 is 14.5 Å². The summed E-state index contributed by atoms with van der Waals surface area (Å²) in [5, 5.41) is 13.7. The summed E-state index contributed by atoms with van der Waals surface area (Å²) in [6.45, 7) is 0.511. The molecule has 1 saturated heterocycles. The fourth-order valence-electron chi connectivity index (χ4n) is 2.93. The van der Waals surface area contributed by atoms with Gasteiger partial charge in [-0.25, -0.2) is 4.79 Å². The lowest BCUT2D eigenvalue weighted by molar-refractivity contribution is -0.148. The number of nitrogens with zero attached hydrogens (tertiary/aromatic N) is 3. The van der Waals surface area contributed by atoms with E-state index in [0.717, 1.165) is 12.0 Å². The summed E-state index contributed by atoms with van der Waals surface area (Å²) in [6, 6.07) is 6.42. The van der Waals surface area contributed by atoms with E-state index in [1.807, 2.05) is 0 Å². The number of hydrogen-bond acceptors (Lipinski definition) is 5. The third kappa shape index (κ3) is 4.17. The topological polar surface area (TPSA) is 96.5 Å². The van der Waals surface area contributed by atoms with Gasteiger partial charge in [-0.3, -0.25) is 4.79 Å². The Hall–Kier alpha value is -2.41. The molecule has 1 aromatic carbocycles. The summed E-state index contributed by atoms with van der Waals surface area (Å²) in [6.07, 6.45) is 2.52. The van der Waals surface area contributed by atoms with Crippen LogP contribution in [0.25, 0.3) is 11.4 Å². The van der Waals surface area contributed by atoms with Crippen LogP contribution in [0, 0.1) is 0 Å². The van der Waals surface area contributed by atoms with Crippen molar-refractivity contribution in [3.63, 3.8) is 0 Å². The zero-order valence-electron chi connectivity index (χ0n) is 13.5. The molecule has 25 heavy (non-hydrogen) atoms. The summed E-state index contributed by atoms with van der Waals surface area (Å²) in [5.74, 6) is -0.143. The maximum Gasteiger partial charge on any atom is 0.326 e. The second-order valence-corrected chi connectivity index (χ2v) is 6.39. The van der Waals surface area contributed by atoms with Gasteiger partial charge in [0.05, 0.1) is 0 Å². The Balaban J connectivity index is 1.52. The van der Waals surface area contributed by atoms with Crippen molar-refractivity contribution in [2.24, 2.45) is 0 Å². The van der Waals surface area contributed by atoms with Crippen molar-refractivity contribution < 1.29 is 19.2 Å². The van der Waals surface area contributed by atoms with Crippen LogP contribution in [-0.2, 0) is 16.0 Å². The molecule has 0 radical (unpaired) electrons. The van der Waals surface area contributed by atoms with Crippen LogP contribution in [0.3, 0.4) is 0 Å². The molecule has 1 amide bonds. The quantitative estimate of drug-likeness (QED) is 0.847. The zero-order valence-corrected chi connectivity index (χ0v) is 14.3. The van der Waals surface area contributed by atoms with Crippen LogP contribution in [0.15, 0.2) is 28.8 Å². The molecule has 2 aromatic rings. The van der Waals surface area contributed by atoms with Gasteiger partial charge in [0.25, 0.3) is 0 Å². The number of benzene rings is 1. The van der Waals surface area contributed by atoms with E-state index in [1.165, 1.54) is 4.90 Å². The van der Waals surface area contributed by atoms with Crippen molar-refractivity contribution in [3.8, 4) is 11.4 Å². The molecule has 0 spiro atoms. The molecule has 3 rings (SSSR count). The predicted molar refractivity (Wildman–Crippen MR) is 90.1 cm³/mol. The number of halogens is 1. The molecule has 0 saturated carbocycles. The first-order chi connectivity index (χ1) is 12.0. The molecule has 2 heterocycles. The predicted octanol–water partition coefficient (Wildman–Crippen LogP) is 2.79.